The van der Waals surface area contributed by atoms with Gasteiger partial charge in [-0.05, 0) is 59.3 Å². The van der Waals surface area contributed by atoms with Crippen LogP contribution in [0.1, 0.15) is 60.3 Å². The van der Waals surface area contributed by atoms with E-state index in [2.05, 4.69) is 46.8 Å². The molecule has 0 fully saturated rings. The quantitative estimate of drug-likeness (QED) is 0.476. The molecule has 1 aliphatic carbocycles. The average Bonchev–Trinajstić information content (AvgIpc) is 2.22. The molecule has 0 aromatic heterocycles. The monoisotopic (exact) mass is 218 g/mol. The van der Waals surface area contributed by atoms with Gasteiger partial charge in [0, 0.05) is 0 Å². The van der Waals surface area contributed by atoms with Crippen molar-refractivity contribution < 1.29 is 0 Å². The number of hydrogen-bond acceptors (Lipinski definition) is 0. The van der Waals surface area contributed by atoms with Gasteiger partial charge in [0.15, 0.2) is 0 Å². The van der Waals surface area contributed by atoms with Gasteiger partial charge in [-0.25, -0.2) is 0 Å². The summed E-state index contributed by atoms with van der Waals surface area (Å²) in [6.07, 6.45) is 9.67. The molecular weight excluding hydrogens is 192 g/mol. The van der Waals surface area contributed by atoms with Gasteiger partial charge in [0.05, 0.1) is 0 Å². The normalized spacial score (nSPS) is 30.1. The zero-order valence-electron chi connectivity index (χ0n) is 11.6. The van der Waals surface area contributed by atoms with Crippen LogP contribution in [0.25, 0.3) is 0 Å². The molecule has 16 heavy (non-hydrogen) atoms. The molecule has 0 N–H and O–H groups in total. The second kappa shape index (κ2) is 6.08. The first-order valence-corrected chi connectivity index (χ1v) is 6.48. The van der Waals surface area contributed by atoms with Gasteiger partial charge in [0.25, 0.3) is 0 Å². The van der Waals surface area contributed by atoms with Gasteiger partial charge in [0.2, 0.25) is 0 Å². The molecule has 0 saturated heterocycles. The molecule has 0 radical (unpaired) electrons. The molecule has 1 aliphatic rings. The molecule has 1 rings (SSSR count). The van der Waals surface area contributed by atoms with Crippen LogP contribution < -0.4 is 0 Å². The Kier molecular flexibility index (Phi) is 5.05. The molecule has 0 aliphatic heterocycles. The van der Waals surface area contributed by atoms with Crippen molar-refractivity contribution in [3.8, 4) is 0 Å². The standard InChI is InChI=1S/C16H26/c1-12(2)16-10-9-13(3)7-6-8-14(4)15(5)11-16/h8-9,15H,6-7,10-11H2,1-5H3/b13-9+,14-8+/t15-/m0/s1. The van der Waals surface area contributed by atoms with E-state index in [0.717, 1.165) is 6.42 Å². The van der Waals surface area contributed by atoms with Crippen LogP contribution in [0.2, 0.25) is 0 Å². The first kappa shape index (κ1) is 13.3. The summed E-state index contributed by atoms with van der Waals surface area (Å²) in [5.41, 5.74) is 6.23. The number of rotatable bonds is 0. The van der Waals surface area contributed by atoms with Crippen molar-refractivity contribution >= 4 is 0 Å². The maximum atomic E-state index is 2.43. The fourth-order valence-electron chi connectivity index (χ4n) is 2.15. The van der Waals surface area contributed by atoms with E-state index in [-0.39, 0.29) is 0 Å². The summed E-state index contributed by atoms with van der Waals surface area (Å²) in [7, 11) is 0. The van der Waals surface area contributed by atoms with Crippen molar-refractivity contribution in [2.75, 3.05) is 0 Å². The molecule has 0 unspecified atom stereocenters. The lowest BCUT2D eigenvalue weighted by Gasteiger charge is -2.18. The Hall–Kier alpha value is -0.780. The Morgan fingerprint density at radius 3 is 2.50 bits per heavy atom. The second-order valence-corrected chi connectivity index (χ2v) is 5.45. The Morgan fingerprint density at radius 1 is 1.19 bits per heavy atom. The Bertz CT molecular complexity index is 322. The summed E-state index contributed by atoms with van der Waals surface area (Å²) >= 11 is 0. The van der Waals surface area contributed by atoms with Gasteiger partial charge in [-0.3, -0.25) is 0 Å². The van der Waals surface area contributed by atoms with E-state index in [1.807, 2.05) is 0 Å². The summed E-state index contributed by atoms with van der Waals surface area (Å²) in [4.78, 5) is 0. The van der Waals surface area contributed by atoms with Crippen LogP contribution in [0.5, 0.6) is 0 Å². The molecule has 0 aromatic rings. The van der Waals surface area contributed by atoms with Crippen molar-refractivity contribution in [2.24, 2.45) is 5.92 Å². The van der Waals surface area contributed by atoms with E-state index >= 15 is 0 Å². The Morgan fingerprint density at radius 2 is 1.88 bits per heavy atom. The van der Waals surface area contributed by atoms with Crippen molar-refractivity contribution in [3.05, 3.63) is 34.4 Å². The molecule has 0 nitrogen and oxygen atoms in total. The highest BCUT2D eigenvalue weighted by molar-refractivity contribution is 5.20. The van der Waals surface area contributed by atoms with E-state index < -0.39 is 0 Å². The van der Waals surface area contributed by atoms with Crippen LogP contribution in [0, 0.1) is 5.92 Å². The van der Waals surface area contributed by atoms with Gasteiger partial charge in [-0.15, -0.1) is 0 Å². The van der Waals surface area contributed by atoms with Crippen molar-refractivity contribution in [3.63, 3.8) is 0 Å². The minimum atomic E-state index is 0.705. The van der Waals surface area contributed by atoms with Crippen molar-refractivity contribution in [1.82, 2.24) is 0 Å². The van der Waals surface area contributed by atoms with Crippen LogP contribution in [-0.4, -0.2) is 0 Å². The van der Waals surface area contributed by atoms with Gasteiger partial charge in [-0.2, -0.15) is 0 Å². The zero-order chi connectivity index (χ0) is 12.1. The maximum Gasteiger partial charge on any atom is -0.0134 e. The van der Waals surface area contributed by atoms with E-state index in [1.54, 1.807) is 11.1 Å². The molecule has 0 bridgehead atoms. The van der Waals surface area contributed by atoms with Crippen LogP contribution >= 0.6 is 0 Å². The Labute approximate surface area is 101 Å². The smallest absolute Gasteiger partial charge is 0.0134 e. The highest BCUT2D eigenvalue weighted by Gasteiger charge is 2.09. The molecule has 0 amide bonds. The topological polar surface area (TPSA) is 0 Å². The fraction of sp³-hybridized carbons (Fsp3) is 0.625. The van der Waals surface area contributed by atoms with E-state index in [0.29, 0.717) is 5.92 Å². The van der Waals surface area contributed by atoms with Crippen LogP contribution in [0.15, 0.2) is 34.4 Å². The molecule has 1 atom stereocenters. The summed E-state index contributed by atoms with van der Waals surface area (Å²) in [6, 6.07) is 0. The minimum Gasteiger partial charge on any atom is -0.0850 e. The zero-order valence-corrected chi connectivity index (χ0v) is 11.6. The molecule has 0 spiro atoms. The minimum absolute atomic E-state index is 0.705. The second-order valence-electron chi connectivity index (χ2n) is 5.45. The van der Waals surface area contributed by atoms with Crippen molar-refractivity contribution in [2.45, 2.75) is 60.3 Å². The lowest BCUT2D eigenvalue weighted by atomic mass is 9.88. The van der Waals surface area contributed by atoms with Gasteiger partial charge < -0.3 is 0 Å². The van der Waals surface area contributed by atoms with E-state index in [4.69, 9.17) is 0 Å². The molecule has 0 saturated carbocycles. The summed E-state index contributed by atoms with van der Waals surface area (Å²) < 4.78 is 0. The van der Waals surface area contributed by atoms with Crippen LogP contribution in [-0.2, 0) is 0 Å². The lowest BCUT2D eigenvalue weighted by molar-refractivity contribution is 0.651. The van der Waals surface area contributed by atoms with E-state index in [1.165, 1.54) is 30.4 Å². The van der Waals surface area contributed by atoms with Gasteiger partial charge >= 0.3 is 0 Å². The number of allylic oxidation sites excluding steroid dienone is 6. The van der Waals surface area contributed by atoms with Crippen molar-refractivity contribution in [1.29, 1.82) is 0 Å². The third-order valence-corrected chi connectivity index (χ3v) is 3.74. The molecule has 0 heterocycles. The summed E-state index contributed by atoms with van der Waals surface area (Å²) in [6.45, 7) is 11.4. The first-order chi connectivity index (χ1) is 7.50. The molecule has 0 aromatic carbocycles. The largest absolute Gasteiger partial charge is 0.0850 e. The average molecular weight is 218 g/mol. The maximum absolute atomic E-state index is 2.43. The fourth-order valence-corrected chi connectivity index (χ4v) is 2.15. The molecular formula is C16H26. The summed E-state index contributed by atoms with van der Waals surface area (Å²) in [5, 5.41) is 0. The SMILES string of the molecule is CC(C)=C1C/C=C(\C)CC/C=C(\C)[C@@H](C)C1. The van der Waals surface area contributed by atoms with Gasteiger partial charge in [-0.1, -0.05) is 41.4 Å². The van der Waals surface area contributed by atoms with Crippen LogP contribution in [0.3, 0.4) is 0 Å². The molecule has 0 heteroatoms. The first-order valence-electron chi connectivity index (χ1n) is 6.48. The predicted molar refractivity (Wildman–Crippen MR) is 73.5 cm³/mol. The summed E-state index contributed by atoms with van der Waals surface area (Å²) in [5.74, 6) is 0.705. The Balaban J connectivity index is 2.92. The van der Waals surface area contributed by atoms with Gasteiger partial charge in [0.1, 0.15) is 0 Å². The molecule has 90 valence electrons. The highest BCUT2D eigenvalue weighted by Crippen LogP contribution is 2.26. The number of hydrogen-bond donors (Lipinski definition) is 0. The third-order valence-electron chi connectivity index (χ3n) is 3.74. The third kappa shape index (κ3) is 4.00. The van der Waals surface area contributed by atoms with Crippen LogP contribution in [0.4, 0.5) is 0 Å². The van der Waals surface area contributed by atoms with E-state index in [9.17, 15) is 0 Å². The lowest BCUT2D eigenvalue weighted by Crippen LogP contribution is -2.01. The highest BCUT2D eigenvalue weighted by atomic mass is 14.2. The predicted octanol–water partition coefficient (Wildman–Crippen LogP) is 5.43.